The average molecular weight is 499 g/mol. The first-order chi connectivity index (χ1) is 16.4. The number of methoxy groups -OCH3 is 1. The van der Waals surface area contributed by atoms with Gasteiger partial charge in [0.2, 0.25) is 0 Å². The molecule has 2 heterocycles. The highest BCUT2D eigenvalue weighted by Gasteiger charge is 2.24. The molecule has 0 bridgehead atoms. The molecule has 2 aromatic carbocycles. The van der Waals surface area contributed by atoms with E-state index in [2.05, 4.69) is 15.5 Å². The third-order valence-electron chi connectivity index (χ3n) is 5.42. The molecule has 1 aliphatic rings. The Morgan fingerprint density at radius 1 is 1.06 bits per heavy atom. The quantitative estimate of drug-likeness (QED) is 0.513. The third-order valence-corrected chi connectivity index (χ3v) is 5.86. The molecule has 3 aromatic rings. The van der Waals surface area contributed by atoms with E-state index in [1.807, 2.05) is 24.3 Å². The molecule has 0 saturated carbocycles. The Labute approximate surface area is 207 Å². The Bertz CT molecular complexity index is 1180. The third kappa shape index (κ3) is 5.49. The van der Waals surface area contributed by atoms with Gasteiger partial charge in [0.25, 0.3) is 11.8 Å². The summed E-state index contributed by atoms with van der Waals surface area (Å²) in [6.45, 7) is 2.55. The fourth-order valence-corrected chi connectivity index (χ4v) is 4.06. The van der Waals surface area contributed by atoms with Gasteiger partial charge in [-0.1, -0.05) is 11.6 Å². The second kappa shape index (κ2) is 10.6. The van der Waals surface area contributed by atoms with Crippen LogP contribution in [0.4, 0.5) is 11.4 Å². The maximum absolute atomic E-state index is 13.0. The van der Waals surface area contributed by atoms with Crippen LogP contribution in [-0.4, -0.2) is 55.1 Å². The lowest BCUT2D eigenvalue weighted by Crippen LogP contribution is -2.48. The second-order valence-electron chi connectivity index (χ2n) is 7.56. The fraction of sp³-hybridized carbons (Fsp3) is 0.208. The number of furan rings is 1. The monoisotopic (exact) mass is 498 g/mol. The molecule has 0 unspecified atom stereocenters. The summed E-state index contributed by atoms with van der Waals surface area (Å²) in [5, 5.41) is 6.23. The standard InChI is InChI=1S/C24H23ClN4O4S/c1-32-20-9-4-16(25)15-19(20)23(31)29-12-10-28(11-13-29)18-7-5-17(6-8-18)26-24(34)27-22(30)21-3-2-14-33-21/h2-9,14-15H,10-13H2,1H3,(H2,26,27,30,34). The number of amides is 2. The summed E-state index contributed by atoms with van der Waals surface area (Å²) in [6, 6.07) is 15.9. The molecule has 0 spiro atoms. The van der Waals surface area contributed by atoms with Crippen LogP contribution in [0.2, 0.25) is 5.02 Å². The predicted octanol–water partition coefficient (Wildman–Crippen LogP) is 4.03. The fourth-order valence-electron chi connectivity index (χ4n) is 3.68. The van der Waals surface area contributed by atoms with E-state index >= 15 is 0 Å². The molecule has 0 radical (unpaired) electrons. The van der Waals surface area contributed by atoms with Crippen molar-refractivity contribution in [2.75, 3.05) is 43.5 Å². The van der Waals surface area contributed by atoms with Crippen LogP contribution in [0.25, 0.3) is 0 Å². The van der Waals surface area contributed by atoms with E-state index < -0.39 is 5.91 Å². The smallest absolute Gasteiger partial charge is 0.293 e. The summed E-state index contributed by atoms with van der Waals surface area (Å²) in [5.41, 5.74) is 2.24. The van der Waals surface area contributed by atoms with Gasteiger partial charge in [0.15, 0.2) is 10.9 Å². The second-order valence-corrected chi connectivity index (χ2v) is 8.40. The van der Waals surface area contributed by atoms with Crippen molar-refractivity contribution in [1.82, 2.24) is 10.2 Å². The molecular formula is C24H23ClN4O4S. The molecule has 2 N–H and O–H groups in total. The number of piperazine rings is 1. The Hall–Kier alpha value is -3.56. The molecule has 1 aliphatic heterocycles. The summed E-state index contributed by atoms with van der Waals surface area (Å²) >= 11 is 11.3. The van der Waals surface area contributed by atoms with E-state index in [1.54, 1.807) is 35.2 Å². The first-order valence-electron chi connectivity index (χ1n) is 10.6. The van der Waals surface area contributed by atoms with Gasteiger partial charge in [-0.15, -0.1) is 0 Å². The lowest BCUT2D eigenvalue weighted by molar-refractivity contribution is 0.0743. The minimum absolute atomic E-state index is 0.0938. The lowest BCUT2D eigenvalue weighted by Gasteiger charge is -2.36. The van der Waals surface area contributed by atoms with Crippen LogP contribution >= 0.6 is 23.8 Å². The van der Waals surface area contributed by atoms with Crippen molar-refractivity contribution in [3.05, 3.63) is 77.2 Å². The van der Waals surface area contributed by atoms with Crippen LogP contribution in [0, 0.1) is 0 Å². The molecule has 0 aliphatic carbocycles. The Kier molecular flexibility index (Phi) is 7.34. The van der Waals surface area contributed by atoms with Gasteiger partial charge in [0.1, 0.15) is 5.75 Å². The maximum atomic E-state index is 13.0. The summed E-state index contributed by atoms with van der Waals surface area (Å²) < 4.78 is 10.4. The number of rotatable bonds is 5. The summed E-state index contributed by atoms with van der Waals surface area (Å²) in [4.78, 5) is 29.0. The van der Waals surface area contributed by atoms with Crippen LogP contribution in [0.5, 0.6) is 5.75 Å². The Balaban J connectivity index is 1.31. The van der Waals surface area contributed by atoms with Crippen molar-refractivity contribution < 1.29 is 18.7 Å². The van der Waals surface area contributed by atoms with Gasteiger partial charge < -0.3 is 24.3 Å². The molecule has 10 heteroatoms. The minimum atomic E-state index is -0.415. The number of benzene rings is 2. The van der Waals surface area contributed by atoms with Crippen molar-refractivity contribution >= 4 is 52.1 Å². The predicted molar refractivity (Wildman–Crippen MR) is 135 cm³/mol. The molecule has 8 nitrogen and oxygen atoms in total. The Morgan fingerprint density at radius 2 is 1.79 bits per heavy atom. The molecule has 0 atom stereocenters. The number of nitrogens with one attached hydrogen (secondary N) is 2. The van der Waals surface area contributed by atoms with Crippen molar-refractivity contribution in [3.8, 4) is 5.75 Å². The molecule has 34 heavy (non-hydrogen) atoms. The first-order valence-corrected chi connectivity index (χ1v) is 11.4. The highest BCUT2D eigenvalue weighted by Crippen LogP contribution is 2.25. The zero-order valence-corrected chi connectivity index (χ0v) is 20.0. The highest BCUT2D eigenvalue weighted by atomic mass is 35.5. The first kappa shape index (κ1) is 23.6. The zero-order chi connectivity index (χ0) is 24.1. The van der Waals surface area contributed by atoms with Gasteiger partial charge in [-0.25, -0.2) is 0 Å². The maximum Gasteiger partial charge on any atom is 0.293 e. The van der Waals surface area contributed by atoms with E-state index in [1.165, 1.54) is 13.4 Å². The van der Waals surface area contributed by atoms with Gasteiger partial charge in [0, 0.05) is 42.6 Å². The normalized spacial score (nSPS) is 13.4. The van der Waals surface area contributed by atoms with Crippen molar-refractivity contribution in [2.45, 2.75) is 0 Å². The van der Waals surface area contributed by atoms with E-state index in [4.69, 9.17) is 33.0 Å². The summed E-state index contributed by atoms with van der Waals surface area (Å²) in [6.07, 6.45) is 1.42. The van der Waals surface area contributed by atoms with E-state index in [0.29, 0.717) is 42.5 Å². The molecular weight excluding hydrogens is 476 g/mol. The number of hydrogen-bond donors (Lipinski definition) is 2. The molecule has 2 amide bonds. The van der Waals surface area contributed by atoms with Crippen molar-refractivity contribution in [1.29, 1.82) is 0 Å². The van der Waals surface area contributed by atoms with Gasteiger partial charge in [-0.05, 0) is 66.8 Å². The Morgan fingerprint density at radius 3 is 2.44 bits per heavy atom. The molecule has 4 rings (SSSR count). The van der Waals surface area contributed by atoms with E-state index in [0.717, 1.165) is 11.4 Å². The summed E-state index contributed by atoms with van der Waals surface area (Å²) in [7, 11) is 1.54. The average Bonchev–Trinajstić information content (AvgIpc) is 3.39. The van der Waals surface area contributed by atoms with Gasteiger partial charge in [0.05, 0.1) is 18.9 Å². The molecule has 1 fully saturated rings. The van der Waals surface area contributed by atoms with Crippen LogP contribution in [0.15, 0.2) is 65.3 Å². The number of carbonyl (C=O) groups is 2. The van der Waals surface area contributed by atoms with Crippen LogP contribution in [0.3, 0.4) is 0 Å². The topological polar surface area (TPSA) is 87.0 Å². The molecule has 176 valence electrons. The van der Waals surface area contributed by atoms with Gasteiger partial charge >= 0.3 is 0 Å². The number of ether oxygens (including phenoxy) is 1. The number of carbonyl (C=O) groups excluding carboxylic acids is 2. The van der Waals surface area contributed by atoms with Crippen molar-refractivity contribution in [2.24, 2.45) is 0 Å². The number of halogens is 1. The largest absolute Gasteiger partial charge is 0.496 e. The van der Waals surface area contributed by atoms with Crippen LogP contribution in [0.1, 0.15) is 20.9 Å². The highest BCUT2D eigenvalue weighted by molar-refractivity contribution is 7.80. The number of hydrogen-bond acceptors (Lipinski definition) is 6. The van der Waals surface area contributed by atoms with Crippen LogP contribution in [-0.2, 0) is 0 Å². The minimum Gasteiger partial charge on any atom is -0.496 e. The van der Waals surface area contributed by atoms with E-state index in [9.17, 15) is 9.59 Å². The van der Waals surface area contributed by atoms with E-state index in [-0.39, 0.29) is 16.8 Å². The van der Waals surface area contributed by atoms with Gasteiger partial charge in [-0.3, -0.25) is 14.9 Å². The number of anilines is 2. The lowest BCUT2D eigenvalue weighted by atomic mass is 10.1. The van der Waals surface area contributed by atoms with Crippen LogP contribution < -0.4 is 20.3 Å². The summed E-state index contributed by atoms with van der Waals surface area (Å²) in [5.74, 6) is 0.190. The SMILES string of the molecule is COc1ccc(Cl)cc1C(=O)N1CCN(c2ccc(NC(=S)NC(=O)c3ccco3)cc2)CC1. The van der Waals surface area contributed by atoms with Gasteiger partial charge in [-0.2, -0.15) is 0 Å². The molecule has 1 saturated heterocycles. The number of nitrogens with zero attached hydrogens (tertiary/aromatic N) is 2. The zero-order valence-electron chi connectivity index (χ0n) is 18.4. The van der Waals surface area contributed by atoms with Crippen molar-refractivity contribution in [3.63, 3.8) is 0 Å². The molecule has 1 aromatic heterocycles. The number of thiocarbonyl (C=S) groups is 1.